The Bertz CT molecular complexity index is 766. The Labute approximate surface area is 123 Å². The van der Waals surface area contributed by atoms with Crippen LogP contribution in [0.2, 0.25) is 0 Å². The van der Waals surface area contributed by atoms with Gasteiger partial charge in [-0.15, -0.1) is 0 Å². The number of anilines is 1. The van der Waals surface area contributed by atoms with E-state index in [-0.39, 0.29) is 0 Å². The molecule has 4 heteroatoms. The maximum Gasteiger partial charge on any atom is 0.142 e. The Morgan fingerprint density at radius 3 is 2.76 bits per heavy atom. The molecule has 2 N–H and O–H groups in total. The van der Waals surface area contributed by atoms with Crippen LogP contribution in [0.1, 0.15) is 5.56 Å². The maximum atomic E-state index is 5.87. The molecule has 0 radical (unpaired) electrons. The van der Waals surface area contributed by atoms with E-state index >= 15 is 0 Å². The molecule has 0 unspecified atom stereocenters. The fraction of sp³-hybridized carbons (Fsp3) is 0.118. The molecule has 21 heavy (non-hydrogen) atoms. The molecule has 0 aliphatic rings. The van der Waals surface area contributed by atoms with Gasteiger partial charge in [0.1, 0.15) is 18.1 Å². The maximum absolute atomic E-state index is 5.87. The summed E-state index contributed by atoms with van der Waals surface area (Å²) in [6, 6.07) is 15.4. The van der Waals surface area contributed by atoms with Crippen molar-refractivity contribution in [2.75, 3.05) is 12.8 Å². The van der Waals surface area contributed by atoms with Gasteiger partial charge in [-0.05, 0) is 18.2 Å². The highest BCUT2D eigenvalue weighted by molar-refractivity contribution is 5.81. The molecule has 0 amide bonds. The van der Waals surface area contributed by atoms with Crippen LogP contribution < -0.4 is 15.2 Å². The first-order valence-corrected chi connectivity index (χ1v) is 6.67. The molecule has 4 nitrogen and oxygen atoms in total. The molecule has 0 saturated carbocycles. The third-order valence-electron chi connectivity index (χ3n) is 3.31. The van der Waals surface area contributed by atoms with Crippen molar-refractivity contribution in [1.82, 2.24) is 4.98 Å². The van der Waals surface area contributed by atoms with Crippen LogP contribution in [0.5, 0.6) is 11.5 Å². The zero-order chi connectivity index (χ0) is 14.7. The number of aromatic nitrogens is 1. The first-order chi connectivity index (χ1) is 10.3. The van der Waals surface area contributed by atoms with Gasteiger partial charge in [0, 0.05) is 23.2 Å². The Morgan fingerprint density at radius 1 is 1.10 bits per heavy atom. The third-order valence-corrected chi connectivity index (χ3v) is 3.31. The van der Waals surface area contributed by atoms with Crippen LogP contribution in [-0.4, -0.2) is 12.1 Å². The summed E-state index contributed by atoms with van der Waals surface area (Å²) in [7, 11) is 1.59. The molecular weight excluding hydrogens is 264 g/mol. The van der Waals surface area contributed by atoms with Crippen LogP contribution in [0.4, 0.5) is 5.69 Å². The van der Waals surface area contributed by atoms with Crippen LogP contribution in [0.15, 0.2) is 54.7 Å². The number of nitrogen functional groups attached to an aromatic ring is 1. The van der Waals surface area contributed by atoms with Crippen molar-refractivity contribution < 1.29 is 9.47 Å². The minimum atomic E-state index is 0.445. The lowest BCUT2D eigenvalue weighted by Crippen LogP contribution is -1.99. The summed E-state index contributed by atoms with van der Waals surface area (Å²) in [5.41, 5.74) is 8.44. The Balaban J connectivity index is 1.82. The highest BCUT2D eigenvalue weighted by Crippen LogP contribution is 2.27. The van der Waals surface area contributed by atoms with E-state index in [0.717, 1.165) is 16.5 Å². The molecule has 0 fully saturated rings. The molecule has 2 aromatic carbocycles. The highest BCUT2D eigenvalue weighted by atomic mass is 16.5. The van der Waals surface area contributed by atoms with Crippen molar-refractivity contribution >= 4 is 16.6 Å². The molecule has 3 rings (SSSR count). The Hall–Kier alpha value is -2.75. The van der Waals surface area contributed by atoms with Crippen molar-refractivity contribution in [2.24, 2.45) is 0 Å². The largest absolute Gasteiger partial charge is 0.495 e. The number of fused-ring (bicyclic) bond motifs is 1. The van der Waals surface area contributed by atoms with Gasteiger partial charge in [0.15, 0.2) is 0 Å². The minimum Gasteiger partial charge on any atom is -0.495 e. The second-order valence-electron chi connectivity index (χ2n) is 4.68. The average Bonchev–Trinajstić information content (AvgIpc) is 2.53. The topological polar surface area (TPSA) is 57.4 Å². The van der Waals surface area contributed by atoms with Gasteiger partial charge in [0.2, 0.25) is 0 Å². The lowest BCUT2D eigenvalue weighted by molar-refractivity contribution is 0.307. The number of benzene rings is 2. The van der Waals surface area contributed by atoms with Crippen LogP contribution in [0.3, 0.4) is 0 Å². The number of hydrogen-bond donors (Lipinski definition) is 1. The first kappa shape index (κ1) is 13.2. The molecule has 1 aromatic heterocycles. The first-order valence-electron chi connectivity index (χ1n) is 6.67. The van der Waals surface area contributed by atoms with Gasteiger partial charge in [-0.1, -0.05) is 24.3 Å². The number of pyridine rings is 1. The zero-order valence-electron chi connectivity index (χ0n) is 11.7. The van der Waals surface area contributed by atoms with Gasteiger partial charge < -0.3 is 15.2 Å². The molecule has 0 aliphatic carbocycles. The molecule has 0 spiro atoms. The lowest BCUT2D eigenvalue weighted by atomic mass is 10.1. The van der Waals surface area contributed by atoms with E-state index in [2.05, 4.69) is 4.98 Å². The van der Waals surface area contributed by atoms with Crippen molar-refractivity contribution in [3.8, 4) is 11.5 Å². The molecule has 0 atom stereocenters. The number of nitrogens with zero attached hydrogens (tertiary/aromatic N) is 1. The molecule has 106 valence electrons. The van der Waals surface area contributed by atoms with E-state index in [1.165, 1.54) is 0 Å². The quantitative estimate of drug-likeness (QED) is 0.744. The average molecular weight is 280 g/mol. The van der Waals surface area contributed by atoms with Gasteiger partial charge in [0.05, 0.1) is 18.3 Å². The second kappa shape index (κ2) is 5.71. The summed E-state index contributed by atoms with van der Waals surface area (Å²) in [4.78, 5) is 4.41. The predicted molar refractivity (Wildman–Crippen MR) is 83.5 cm³/mol. The third kappa shape index (κ3) is 2.74. The Morgan fingerprint density at radius 2 is 1.95 bits per heavy atom. The van der Waals surface area contributed by atoms with E-state index in [9.17, 15) is 0 Å². The summed E-state index contributed by atoms with van der Waals surface area (Å²) in [6.07, 6.45) is 1.79. The van der Waals surface area contributed by atoms with Crippen LogP contribution in [0, 0.1) is 0 Å². The van der Waals surface area contributed by atoms with Crippen LogP contribution >= 0.6 is 0 Å². The highest BCUT2D eigenvalue weighted by Gasteiger charge is 2.05. The van der Waals surface area contributed by atoms with Gasteiger partial charge in [0.25, 0.3) is 0 Å². The minimum absolute atomic E-state index is 0.445. The summed E-state index contributed by atoms with van der Waals surface area (Å²) >= 11 is 0. The summed E-state index contributed by atoms with van der Waals surface area (Å²) in [6.45, 7) is 0.445. The predicted octanol–water partition coefficient (Wildman–Crippen LogP) is 3.40. The standard InChI is InChI=1S/C17H16N2O2/c1-20-16-8-7-14(10-15(16)18)21-11-13-5-2-4-12-6-3-9-19-17(12)13/h2-10H,11,18H2,1H3. The normalized spacial score (nSPS) is 10.5. The smallest absolute Gasteiger partial charge is 0.142 e. The lowest BCUT2D eigenvalue weighted by Gasteiger charge is -2.10. The van der Waals surface area contributed by atoms with E-state index in [1.54, 1.807) is 25.4 Å². The summed E-state index contributed by atoms with van der Waals surface area (Å²) in [5, 5.41) is 1.10. The van der Waals surface area contributed by atoms with Crippen molar-refractivity contribution in [3.63, 3.8) is 0 Å². The molecule has 0 bridgehead atoms. The summed E-state index contributed by atoms with van der Waals surface area (Å²) in [5.74, 6) is 1.36. The SMILES string of the molecule is COc1ccc(OCc2cccc3cccnc23)cc1N. The van der Waals surface area contributed by atoms with Gasteiger partial charge in [-0.2, -0.15) is 0 Å². The molecular formula is C17H16N2O2. The molecule has 1 heterocycles. The van der Waals surface area contributed by atoms with E-state index in [4.69, 9.17) is 15.2 Å². The number of para-hydroxylation sites is 1. The number of hydrogen-bond acceptors (Lipinski definition) is 4. The molecule has 0 aliphatic heterocycles. The van der Waals surface area contributed by atoms with E-state index < -0.39 is 0 Å². The fourth-order valence-electron chi connectivity index (χ4n) is 2.25. The van der Waals surface area contributed by atoms with E-state index in [1.807, 2.05) is 36.4 Å². The monoisotopic (exact) mass is 280 g/mol. The van der Waals surface area contributed by atoms with Gasteiger partial charge in [-0.25, -0.2) is 0 Å². The number of ether oxygens (including phenoxy) is 2. The molecule has 3 aromatic rings. The van der Waals surface area contributed by atoms with Gasteiger partial charge >= 0.3 is 0 Å². The Kier molecular flexibility index (Phi) is 3.60. The van der Waals surface area contributed by atoms with Crippen LogP contribution in [-0.2, 0) is 6.61 Å². The van der Waals surface area contributed by atoms with E-state index in [0.29, 0.717) is 23.8 Å². The van der Waals surface area contributed by atoms with Crippen LogP contribution in [0.25, 0.3) is 10.9 Å². The second-order valence-corrected chi connectivity index (χ2v) is 4.68. The summed E-state index contributed by atoms with van der Waals surface area (Å²) < 4.78 is 10.9. The van der Waals surface area contributed by atoms with Crippen molar-refractivity contribution in [1.29, 1.82) is 0 Å². The fourth-order valence-corrected chi connectivity index (χ4v) is 2.25. The number of rotatable bonds is 4. The van der Waals surface area contributed by atoms with Crippen molar-refractivity contribution in [3.05, 3.63) is 60.3 Å². The number of nitrogens with two attached hydrogens (primary N) is 1. The molecule has 0 saturated heterocycles. The van der Waals surface area contributed by atoms with Gasteiger partial charge in [-0.3, -0.25) is 4.98 Å². The number of methoxy groups -OCH3 is 1. The zero-order valence-corrected chi connectivity index (χ0v) is 11.7. The van der Waals surface area contributed by atoms with Crippen molar-refractivity contribution in [2.45, 2.75) is 6.61 Å².